The van der Waals surface area contributed by atoms with Crippen molar-refractivity contribution in [3.63, 3.8) is 0 Å². The number of benzene rings is 2. The van der Waals surface area contributed by atoms with Gasteiger partial charge in [-0.25, -0.2) is 8.78 Å². The molecule has 0 bridgehead atoms. The lowest BCUT2D eigenvalue weighted by molar-refractivity contribution is 0.0311. The molecule has 0 amide bonds. The Hall–Kier alpha value is -1.88. The molecule has 0 fully saturated rings. The minimum atomic E-state index is -4.43. The molecule has 26 heavy (non-hydrogen) atoms. The lowest BCUT2D eigenvalue weighted by atomic mass is 10.2. The van der Waals surface area contributed by atoms with Crippen molar-refractivity contribution in [1.82, 2.24) is 0 Å². The summed E-state index contributed by atoms with van der Waals surface area (Å²) in [5.74, 6) is 0. The molecule has 142 valence electrons. The van der Waals surface area contributed by atoms with Gasteiger partial charge in [-0.2, -0.15) is 16.8 Å². The first-order valence-electron chi connectivity index (χ1n) is 7.39. The van der Waals surface area contributed by atoms with Crippen LogP contribution in [0.15, 0.2) is 70.5 Å². The normalized spacial score (nSPS) is 14.7. The van der Waals surface area contributed by atoms with Gasteiger partial charge in [0.05, 0.1) is 9.79 Å². The van der Waals surface area contributed by atoms with Crippen molar-refractivity contribution in [2.75, 3.05) is 13.3 Å². The van der Waals surface area contributed by atoms with Crippen LogP contribution in [0.5, 0.6) is 0 Å². The van der Waals surface area contributed by atoms with Crippen molar-refractivity contribution < 1.29 is 34.0 Å². The fourth-order valence-corrected chi connectivity index (χ4v) is 4.19. The Morgan fingerprint density at radius 1 is 0.654 bits per heavy atom. The standard InChI is InChI=1S/C16H16F2O6S2/c17-11-15(23-25(19,20)13-7-3-1-4-8-13)16(12-18)24-26(21,22)14-9-5-2-6-10-14/h1-10,15-16H,11-12H2. The van der Waals surface area contributed by atoms with Gasteiger partial charge in [0.15, 0.2) is 0 Å². The molecule has 0 heterocycles. The Balaban J connectivity index is 2.21. The van der Waals surface area contributed by atoms with E-state index < -0.39 is 45.8 Å². The molecule has 0 saturated carbocycles. The highest BCUT2D eigenvalue weighted by atomic mass is 32.2. The molecular weight excluding hydrogens is 390 g/mol. The number of halogens is 2. The van der Waals surface area contributed by atoms with Crippen molar-refractivity contribution in [2.45, 2.75) is 22.0 Å². The average molecular weight is 406 g/mol. The van der Waals surface area contributed by atoms with Gasteiger partial charge in [0.1, 0.15) is 25.6 Å². The third-order valence-corrected chi connectivity index (χ3v) is 5.98. The predicted octanol–water partition coefficient (Wildman–Crippen LogP) is 2.47. The quantitative estimate of drug-likeness (QED) is 0.595. The Morgan fingerprint density at radius 3 is 1.23 bits per heavy atom. The monoisotopic (exact) mass is 406 g/mol. The van der Waals surface area contributed by atoms with Crippen LogP contribution in [0, 0.1) is 0 Å². The van der Waals surface area contributed by atoms with Gasteiger partial charge in [-0.05, 0) is 24.3 Å². The van der Waals surface area contributed by atoms with Gasteiger partial charge in [0, 0.05) is 0 Å². The Morgan fingerprint density at radius 2 is 0.962 bits per heavy atom. The predicted molar refractivity (Wildman–Crippen MR) is 89.0 cm³/mol. The van der Waals surface area contributed by atoms with Gasteiger partial charge in [-0.1, -0.05) is 36.4 Å². The number of hydrogen-bond acceptors (Lipinski definition) is 6. The van der Waals surface area contributed by atoms with Crippen molar-refractivity contribution in [2.24, 2.45) is 0 Å². The van der Waals surface area contributed by atoms with Crippen LogP contribution in [0.1, 0.15) is 0 Å². The highest BCUT2D eigenvalue weighted by Gasteiger charge is 2.34. The average Bonchev–Trinajstić information content (AvgIpc) is 2.66. The first kappa shape index (κ1) is 20.4. The topological polar surface area (TPSA) is 86.7 Å². The summed E-state index contributed by atoms with van der Waals surface area (Å²) in [6.45, 7) is -2.93. The summed E-state index contributed by atoms with van der Waals surface area (Å²) in [6.07, 6.45) is -3.94. The summed E-state index contributed by atoms with van der Waals surface area (Å²) in [6, 6.07) is 13.6. The van der Waals surface area contributed by atoms with Gasteiger partial charge in [0.2, 0.25) is 0 Å². The molecule has 10 heteroatoms. The molecule has 0 aromatic heterocycles. The van der Waals surface area contributed by atoms with E-state index in [9.17, 15) is 25.6 Å². The third-order valence-electron chi connectivity index (χ3n) is 3.28. The molecule has 0 aliphatic heterocycles. The van der Waals surface area contributed by atoms with Crippen LogP contribution in [-0.2, 0) is 28.6 Å². The minimum Gasteiger partial charge on any atom is -0.257 e. The lowest BCUT2D eigenvalue weighted by Crippen LogP contribution is -2.38. The zero-order chi connectivity index (χ0) is 19.2. The maximum absolute atomic E-state index is 13.3. The molecule has 2 unspecified atom stereocenters. The molecular formula is C16H16F2O6S2. The number of rotatable bonds is 9. The van der Waals surface area contributed by atoms with Crippen LogP contribution in [0.3, 0.4) is 0 Å². The highest BCUT2D eigenvalue weighted by molar-refractivity contribution is 7.87. The first-order valence-corrected chi connectivity index (χ1v) is 10.2. The molecule has 2 rings (SSSR count). The molecule has 0 saturated heterocycles. The van der Waals surface area contributed by atoms with E-state index >= 15 is 0 Å². The molecule has 2 aromatic rings. The van der Waals surface area contributed by atoms with E-state index in [0.717, 1.165) is 0 Å². The maximum Gasteiger partial charge on any atom is 0.297 e. The minimum absolute atomic E-state index is 0.276. The van der Waals surface area contributed by atoms with Gasteiger partial charge in [-0.3, -0.25) is 8.37 Å². The van der Waals surface area contributed by atoms with E-state index in [2.05, 4.69) is 8.37 Å². The number of hydrogen-bond donors (Lipinski definition) is 0. The van der Waals surface area contributed by atoms with E-state index in [-0.39, 0.29) is 9.79 Å². The van der Waals surface area contributed by atoms with Crippen LogP contribution in [0.4, 0.5) is 8.78 Å². The molecule has 2 atom stereocenters. The summed E-state index contributed by atoms with van der Waals surface area (Å²) in [7, 11) is -8.86. The molecule has 6 nitrogen and oxygen atoms in total. The molecule has 0 aliphatic carbocycles. The van der Waals surface area contributed by atoms with E-state index in [1.807, 2.05) is 0 Å². The largest absolute Gasteiger partial charge is 0.297 e. The Labute approximate surface area is 150 Å². The maximum atomic E-state index is 13.3. The number of alkyl halides is 2. The summed E-state index contributed by atoms with van der Waals surface area (Å²) in [4.78, 5) is -0.552. The Bertz CT molecular complexity index is 825. The summed E-state index contributed by atoms with van der Waals surface area (Å²) in [5, 5.41) is 0. The van der Waals surface area contributed by atoms with E-state index in [0.29, 0.717) is 0 Å². The second-order valence-corrected chi connectivity index (χ2v) is 8.26. The van der Waals surface area contributed by atoms with Gasteiger partial charge < -0.3 is 0 Å². The van der Waals surface area contributed by atoms with Crippen molar-refractivity contribution in [3.05, 3.63) is 60.7 Å². The molecule has 0 radical (unpaired) electrons. The fraction of sp³-hybridized carbons (Fsp3) is 0.250. The van der Waals surface area contributed by atoms with E-state index in [4.69, 9.17) is 0 Å². The van der Waals surface area contributed by atoms with Crippen LogP contribution in [0.2, 0.25) is 0 Å². The summed E-state index contributed by atoms with van der Waals surface area (Å²) < 4.78 is 84.5. The SMILES string of the molecule is O=S(=O)(OC(CF)C(CF)OS(=O)(=O)c1ccccc1)c1ccccc1. The molecule has 0 aliphatic rings. The summed E-state index contributed by atoms with van der Waals surface area (Å²) in [5.41, 5.74) is 0. The lowest BCUT2D eigenvalue weighted by Gasteiger charge is -2.22. The zero-order valence-electron chi connectivity index (χ0n) is 13.4. The highest BCUT2D eigenvalue weighted by Crippen LogP contribution is 2.21. The van der Waals surface area contributed by atoms with Crippen LogP contribution in [-0.4, -0.2) is 42.4 Å². The van der Waals surface area contributed by atoms with Crippen molar-refractivity contribution in [1.29, 1.82) is 0 Å². The van der Waals surface area contributed by atoms with E-state index in [1.54, 1.807) is 12.1 Å². The van der Waals surface area contributed by atoms with Gasteiger partial charge >= 0.3 is 0 Å². The van der Waals surface area contributed by atoms with Crippen molar-refractivity contribution in [3.8, 4) is 0 Å². The second-order valence-electron chi connectivity index (χ2n) is 5.11. The van der Waals surface area contributed by atoms with Crippen molar-refractivity contribution >= 4 is 20.2 Å². The van der Waals surface area contributed by atoms with E-state index in [1.165, 1.54) is 48.5 Å². The first-order chi connectivity index (χ1) is 12.3. The Kier molecular flexibility index (Phi) is 6.81. The van der Waals surface area contributed by atoms with Crippen LogP contribution < -0.4 is 0 Å². The van der Waals surface area contributed by atoms with Crippen LogP contribution in [0.25, 0.3) is 0 Å². The van der Waals surface area contributed by atoms with Crippen LogP contribution >= 0.6 is 0 Å². The third kappa shape index (κ3) is 5.07. The van der Waals surface area contributed by atoms with Gasteiger partial charge in [-0.15, -0.1) is 0 Å². The molecule has 0 spiro atoms. The second kappa shape index (κ2) is 8.67. The summed E-state index contributed by atoms with van der Waals surface area (Å²) >= 11 is 0. The van der Waals surface area contributed by atoms with Gasteiger partial charge in [0.25, 0.3) is 20.2 Å². The molecule has 0 N–H and O–H groups in total. The fourth-order valence-electron chi connectivity index (χ4n) is 1.98. The molecule has 2 aromatic carbocycles. The zero-order valence-corrected chi connectivity index (χ0v) is 15.0. The smallest absolute Gasteiger partial charge is 0.257 e.